The third-order valence-electron chi connectivity index (χ3n) is 1.37. The summed E-state index contributed by atoms with van der Waals surface area (Å²) in [6.07, 6.45) is -0.345. The summed E-state index contributed by atoms with van der Waals surface area (Å²) in [5, 5.41) is 0. The minimum absolute atomic E-state index is 0. The molecule has 0 saturated heterocycles. The molecule has 0 radical (unpaired) electrons. The average molecular weight is 211 g/mol. The lowest BCUT2D eigenvalue weighted by molar-refractivity contribution is -0.126. The van der Waals surface area contributed by atoms with Crippen molar-refractivity contribution in [3.05, 3.63) is 0 Å². The highest BCUT2D eigenvalue weighted by Gasteiger charge is 2.23. The number of rotatable bonds is 3. The SMILES string of the molecule is CC(OC(C)(C)C)C(N)C(N)=O.Cl. The largest absolute Gasteiger partial charge is 0.371 e. The maximum absolute atomic E-state index is 10.6. The Hall–Kier alpha value is -0.320. The van der Waals surface area contributed by atoms with Crippen molar-refractivity contribution in [2.45, 2.75) is 45.4 Å². The molecular formula is C8H19ClN2O2. The minimum atomic E-state index is -0.732. The van der Waals surface area contributed by atoms with Crippen LogP contribution in [0.25, 0.3) is 0 Å². The number of amides is 1. The first-order valence-corrected chi connectivity index (χ1v) is 3.97. The highest BCUT2D eigenvalue weighted by molar-refractivity contribution is 5.85. The topological polar surface area (TPSA) is 78.3 Å². The molecule has 2 unspecified atom stereocenters. The molecular weight excluding hydrogens is 192 g/mol. The maximum Gasteiger partial charge on any atom is 0.237 e. The Bertz CT molecular complexity index is 168. The van der Waals surface area contributed by atoms with E-state index in [-0.39, 0.29) is 24.1 Å². The quantitative estimate of drug-likeness (QED) is 0.709. The fraction of sp³-hybridized carbons (Fsp3) is 0.875. The molecule has 5 heteroatoms. The van der Waals surface area contributed by atoms with Crippen molar-refractivity contribution in [2.75, 3.05) is 0 Å². The van der Waals surface area contributed by atoms with Gasteiger partial charge in [0.05, 0.1) is 11.7 Å². The first-order valence-electron chi connectivity index (χ1n) is 3.97. The van der Waals surface area contributed by atoms with Crippen LogP contribution in [-0.4, -0.2) is 23.7 Å². The lowest BCUT2D eigenvalue weighted by Crippen LogP contribution is -2.47. The highest BCUT2D eigenvalue weighted by Crippen LogP contribution is 2.11. The van der Waals surface area contributed by atoms with Gasteiger partial charge in [0.2, 0.25) is 5.91 Å². The van der Waals surface area contributed by atoms with Crippen LogP contribution in [-0.2, 0) is 9.53 Å². The van der Waals surface area contributed by atoms with E-state index in [1.54, 1.807) is 6.92 Å². The van der Waals surface area contributed by atoms with Gasteiger partial charge in [0.15, 0.2) is 0 Å². The summed E-state index contributed by atoms with van der Waals surface area (Å²) < 4.78 is 5.43. The molecule has 0 aromatic rings. The van der Waals surface area contributed by atoms with Crippen LogP contribution in [0.1, 0.15) is 27.7 Å². The molecule has 0 aliphatic carbocycles. The number of nitrogens with two attached hydrogens (primary N) is 2. The first-order chi connectivity index (χ1) is 5.24. The van der Waals surface area contributed by atoms with Gasteiger partial charge < -0.3 is 16.2 Å². The zero-order chi connectivity index (χ0) is 9.94. The molecule has 0 bridgehead atoms. The third kappa shape index (κ3) is 6.81. The van der Waals surface area contributed by atoms with Crippen LogP contribution in [0.15, 0.2) is 0 Å². The van der Waals surface area contributed by atoms with E-state index in [1.165, 1.54) is 0 Å². The molecule has 1 amide bonds. The van der Waals surface area contributed by atoms with Crippen LogP contribution in [0.3, 0.4) is 0 Å². The molecule has 0 rings (SSSR count). The van der Waals surface area contributed by atoms with Gasteiger partial charge in [0, 0.05) is 0 Å². The number of carbonyl (C=O) groups is 1. The summed E-state index contributed by atoms with van der Waals surface area (Å²) in [7, 11) is 0. The Kier molecular flexibility index (Phi) is 6.32. The second-order valence-electron chi connectivity index (χ2n) is 3.86. The molecule has 0 fully saturated rings. The lowest BCUT2D eigenvalue weighted by atomic mass is 10.1. The maximum atomic E-state index is 10.6. The molecule has 80 valence electrons. The van der Waals surface area contributed by atoms with Crippen LogP contribution in [0, 0.1) is 0 Å². The van der Waals surface area contributed by atoms with Crippen molar-refractivity contribution >= 4 is 18.3 Å². The van der Waals surface area contributed by atoms with E-state index in [1.807, 2.05) is 20.8 Å². The van der Waals surface area contributed by atoms with E-state index in [0.717, 1.165) is 0 Å². The standard InChI is InChI=1S/C8H18N2O2.ClH/c1-5(6(9)7(10)11)12-8(2,3)4;/h5-6H,9H2,1-4H3,(H2,10,11);1H. The Balaban J connectivity index is 0. The number of carbonyl (C=O) groups excluding carboxylic acids is 1. The Morgan fingerprint density at radius 2 is 1.77 bits per heavy atom. The van der Waals surface area contributed by atoms with E-state index in [4.69, 9.17) is 16.2 Å². The molecule has 0 aliphatic rings. The first kappa shape index (κ1) is 15.2. The van der Waals surface area contributed by atoms with Crippen molar-refractivity contribution in [3.8, 4) is 0 Å². The summed E-state index contributed by atoms with van der Waals surface area (Å²) in [6.45, 7) is 7.44. The van der Waals surface area contributed by atoms with Gasteiger partial charge in [-0.1, -0.05) is 0 Å². The van der Waals surface area contributed by atoms with Gasteiger partial charge in [-0.25, -0.2) is 0 Å². The molecule has 2 atom stereocenters. The van der Waals surface area contributed by atoms with Crippen molar-refractivity contribution < 1.29 is 9.53 Å². The fourth-order valence-corrected chi connectivity index (χ4v) is 0.862. The summed E-state index contributed by atoms with van der Waals surface area (Å²) in [5.41, 5.74) is 10.2. The van der Waals surface area contributed by atoms with Gasteiger partial charge in [0.25, 0.3) is 0 Å². The highest BCUT2D eigenvalue weighted by atomic mass is 35.5. The Morgan fingerprint density at radius 1 is 1.38 bits per heavy atom. The zero-order valence-corrected chi connectivity index (χ0v) is 9.35. The van der Waals surface area contributed by atoms with E-state index in [9.17, 15) is 4.79 Å². The van der Waals surface area contributed by atoms with Gasteiger partial charge in [-0.2, -0.15) is 0 Å². The molecule has 0 spiro atoms. The Labute approximate surface area is 85.4 Å². The summed E-state index contributed by atoms with van der Waals surface area (Å²) in [5.74, 6) is -0.535. The molecule has 0 aromatic heterocycles. The monoisotopic (exact) mass is 210 g/mol. The van der Waals surface area contributed by atoms with E-state index in [0.29, 0.717) is 0 Å². The number of primary amides is 1. The second kappa shape index (κ2) is 5.42. The predicted octanol–water partition coefficient (Wildman–Crippen LogP) is 0.424. The van der Waals surface area contributed by atoms with Crippen molar-refractivity contribution in [3.63, 3.8) is 0 Å². The second-order valence-corrected chi connectivity index (χ2v) is 3.86. The number of hydrogen-bond donors (Lipinski definition) is 2. The van der Waals surface area contributed by atoms with Gasteiger partial charge >= 0.3 is 0 Å². The lowest BCUT2D eigenvalue weighted by Gasteiger charge is -2.27. The van der Waals surface area contributed by atoms with Crippen LogP contribution < -0.4 is 11.5 Å². The predicted molar refractivity (Wildman–Crippen MR) is 54.7 cm³/mol. The molecule has 4 N–H and O–H groups in total. The number of hydrogen-bond acceptors (Lipinski definition) is 3. The van der Waals surface area contributed by atoms with Crippen molar-refractivity contribution in [1.29, 1.82) is 0 Å². The molecule has 4 nitrogen and oxygen atoms in total. The van der Waals surface area contributed by atoms with Gasteiger partial charge in [-0.05, 0) is 27.7 Å². The average Bonchev–Trinajstić information content (AvgIpc) is 1.82. The Morgan fingerprint density at radius 3 is 2.00 bits per heavy atom. The van der Waals surface area contributed by atoms with Gasteiger partial charge in [-0.3, -0.25) is 4.79 Å². The van der Waals surface area contributed by atoms with Gasteiger partial charge in [0.1, 0.15) is 6.04 Å². The summed E-state index contributed by atoms with van der Waals surface area (Å²) in [6, 6.07) is -0.732. The summed E-state index contributed by atoms with van der Waals surface area (Å²) >= 11 is 0. The van der Waals surface area contributed by atoms with E-state index >= 15 is 0 Å². The zero-order valence-electron chi connectivity index (χ0n) is 8.53. The number of ether oxygens (including phenoxy) is 1. The molecule has 0 aromatic carbocycles. The van der Waals surface area contributed by atoms with Crippen LogP contribution in [0.2, 0.25) is 0 Å². The van der Waals surface area contributed by atoms with E-state index < -0.39 is 11.9 Å². The molecule has 0 saturated carbocycles. The normalized spacial score (nSPS) is 15.8. The van der Waals surface area contributed by atoms with E-state index in [2.05, 4.69) is 0 Å². The molecule has 0 aliphatic heterocycles. The molecule has 0 heterocycles. The van der Waals surface area contributed by atoms with Crippen LogP contribution >= 0.6 is 12.4 Å². The number of halogens is 1. The summed E-state index contributed by atoms with van der Waals surface area (Å²) in [4.78, 5) is 10.6. The van der Waals surface area contributed by atoms with Crippen molar-refractivity contribution in [1.82, 2.24) is 0 Å². The minimum Gasteiger partial charge on any atom is -0.371 e. The van der Waals surface area contributed by atoms with Crippen LogP contribution in [0.5, 0.6) is 0 Å². The third-order valence-corrected chi connectivity index (χ3v) is 1.37. The fourth-order valence-electron chi connectivity index (χ4n) is 0.862. The molecule has 13 heavy (non-hydrogen) atoms. The van der Waals surface area contributed by atoms with Gasteiger partial charge in [-0.15, -0.1) is 12.4 Å². The smallest absolute Gasteiger partial charge is 0.237 e. The van der Waals surface area contributed by atoms with Crippen LogP contribution in [0.4, 0.5) is 0 Å². The van der Waals surface area contributed by atoms with Crippen molar-refractivity contribution in [2.24, 2.45) is 11.5 Å².